The third-order valence-electron chi connectivity index (χ3n) is 5.19. The van der Waals surface area contributed by atoms with Crippen molar-refractivity contribution < 1.29 is 14.2 Å². The fraction of sp³-hybridized carbons (Fsp3) is 0.933. The normalized spacial score (nSPS) is 46.3. The average Bonchev–Trinajstić information content (AvgIpc) is 3.21. The van der Waals surface area contributed by atoms with Gasteiger partial charge in [0.15, 0.2) is 0 Å². The standard InChI is InChI=1S/C15H24N2O3/c16-15(17-7-9-1-2-13-14(5-9)20-13)18-8-10-3-11-6-12(4-10)19-11/h9-14H,1-8H2,(H2,16,17). The Balaban J connectivity index is 1.17. The lowest BCUT2D eigenvalue weighted by molar-refractivity contribution is -0.176. The van der Waals surface area contributed by atoms with Gasteiger partial charge >= 0.3 is 0 Å². The molecule has 5 fully saturated rings. The van der Waals surface area contributed by atoms with Gasteiger partial charge in [0, 0.05) is 6.54 Å². The van der Waals surface area contributed by atoms with Crippen LogP contribution in [0.25, 0.3) is 0 Å². The van der Waals surface area contributed by atoms with E-state index in [4.69, 9.17) is 19.9 Å². The zero-order valence-electron chi connectivity index (χ0n) is 11.9. The summed E-state index contributed by atoms with van der Waals surface area (Å²) in [5.74, 6) is 1.22. The molecule has 2 N–H and O–H groups in total. The summed E-state index contributed by atoms with van der Waals surface area (Å²) in [6.07, 6.45) is 9.06. The van der Waals surface area contributed by atoms with Gasteiger partial charge in [0.25, 0.3) is 6.02 Å². The molecule has 3 saturated heterocycles. The second-order valence-corrected chi connectivity index (χ2v) is 6.84. The fourth-order valence-corrected chi connectivity index (χ4v) is 3.95. The lowest BCUT2D eigenvalue weighted by Gasteiger charge is -2.45. The molecule has 5 atom stereocenters. The first-order chi connectivity index (χ1) is 9.76. The predicted octanol–water partition coefficient (Wildman–Crippen LogP) is 1.45. The number of amidine groups is 1. The first-order valence-electron chi connectivity index (χ1n) is 8.00. The van der Waals surface area contributed by atoms with Crippen molar-refractivity contribution in [1.82, 2.24) is 0 Å². The van der Waals surface area contributed by atoms with Gasteiger partial charge in [-0.1, -0.05) is 0 Å². The van der Waals surface area contributed by atoms with E-state index in [1.807, 2.05) is 0 Å². The largest absolute Gasteiger partial charge is 0.465 e. The number of nitrogens with zero attached hydrogens (tertiary/aromatic N) is 1. The molecule has 0 aromatic carbocycles. The van der Waals surface area contributed by atoms with E-state index in [0.29, 0.717) is 48.9 Å². The topological polar surface area (TPSA) is 69.4 Å². The maximum Gasteiger partial charge on any atom is 0.281 e. The van der Waals surface area contributed by atoms with E-state index in [2.05, 4.69) is 4.99 Å². The third-order valence-corrected chi connectivity index (χ3v) is 5.19. The van der Waals surface area contributed by atoms with Crippen molar-refractivity contribution in [2.24, 2.45) is 22.6 Å². The van der Waals surface area contributed by atoms with Gasteiger partial charge in [-0.05, 0) is 50.4 Å². The molecule has 2 saturated carbocycles. The Morgan fingerprint density at radius 3 is 2.55 bits per heavy atom. The second-order valence-electron chi connectivity index (χ2n) is 6.84. The van der Waals surface area contributed by atoms with Crippen LogP contribution in [-0.4, -0.2) is 43.6 Å². The molecule has 5 nitrogen and oxygen atoms in total. The zero-order chi connectivity index (χ0) is 13.5. The summed E-state index contributed by atoms with van der Waals surface area (Å²) >= 11 is 0. The number of hydrogen-bond acceptors (Lipinski definition) is 4. The van der Waals surface area contributed by atoms with E-state index in [-0.39, 0.29) is 0 Å². The highest BCUT2D eigenvalue weighted by Gasteiger charge is 2.43. The van der Waals surface area contributed by atoms with Gasteiger partial charge in [0.05, 0.1) is 31.0 Å². The molecule has 0 spiro atoms. The van der Waals surface area contributed by atoms with Crippen molar-refractivity contribution >= 4 is 6.02 Å². The molecule has 0 aromatic rings. The van der Waals surface area contributed by atoms with Crippen LogP contribution in [0.5, 0.6) is 0 Å². The summed E-state index contributed by atoms with van der Waals surface area (Å²) in [5, 5.41) is 0. The monoisotopic (exact) mass is 280 g/mol. The summed E-state index contributed by atoms with van der Waals surface area (Å²) in [7, 11) is 0. The van der Waals surface area contributed by atoms with E-state index >= 15 is 0 Å². The van der Waals surface area contributed by atoms with Crippen LogP contribution in [0.1, 0.15) is 38.5 Å². The number of nitrogens with two attached hydrogens (primary N) is 1. The average molecular weight is 280 g/mol. The molecule has 0 radical (unpaired) electrons. The van der Waals surface area contributed by atoms with Gasteiger partial charge in [0.1, 0.15) is 0 Å². The Bertz CT molecular complexity index is 385. The first kappa shape index (κ1) is 12.9. The van der Waals surface area contributed by atoms with Crippen molar-refractivity contribution in [2.45, 2.75) is 62.9 Å². The summed E-state index contributed by atoms with van der Waals surface area (Å²) in [5.41, 5.74) is 5.86. The molecular weight excluding hydrogens is 256 g/mol. The molecule has 3 aliphatic heterocycles. The molecule has 0 amide bonds. The van der Waals surface area contributed by atoms with Crippen molar-refractivity contribution in [3.05, 3.63) is 0 Å². The summed E-state index contributed by atoms with van der Waals surface area (Å²) in [6.45, 7) is 1.49. The van der Waals surface area contributed by atoms with Crippen LogP contribution in [0.4, 0.5) is 0 Å². The van der Waals surface area contributed by atoms with E-state index in [1.165, 1.54) is 19.3 Å². The molecule has 5 aliphatic rings. The fourth-order valence-electron chi connectivity index (χ4n) is 3.95. The highest BCUT2D eigenvalue weighted by atomic mass is 16.6. The molecule has 2 aliphatic carbocycles. The zero-order valence-corrected chi connectivity index (χ0v) is 11.9. The van der Waals surface area contributed by atoms with Gasteiger partial charge in [-0.15, -0.1) is 0 Å². The highest BCUT2D eigenvalue weighted by Crippen LogP contribution is 2.39. The van der Waals surface area contributed by atoms with Crippen LogP contribution in [0.15, 0.2) is 4.99 Å². The minimum Gasteiger partial charge on any atom is -0.465 e. The highest BCUT2D eigenvalue weighted by molar-refractivity contribution is 5.71. The first-order valence-corrected chi connectivity index (χ1v) is 8.00. The van der Waals surface area contributed by atoms with Gasteiger partial charge in [-0.3, -0.25) is 0 Å². The minimum absolute atomic E-state index is 0.365. The maximum atomic E-state index is 5.86. The van der Waals surface area contributed by atoms with Crippen LogP contribution in [-0.2, 0) is 14.2 Å². The Kier molecular flexibility index (Phi) is 3.34. The van der Waals surface area contributed by atoms with Crippen molar-refractivity contribution in [1.29, 1.82) is 0 Å². The molecule has 5 unspecified atom stereocenters. The Morgan fingerprint density at radius 2 is 1.80 bits per heavy atom. The predicted molar refractivity (Wildman–Crippen MR) is 74.4 cm³/mol. The van der Waals surface area contributed by atoms with Gasteiger partial charge in [-0.25, -0.2) is 4.99 Å². The summed E-state index contributed by atoms with van der Waals surface area (Å²) < 4.78 is 16.8. The number of rotatable bonds is 4. The SMILES string of the molecule is NC(=NCC1CCC2OC2C1)OCC1CC2CC(C1)O2. The van der Waals surface area contributed by atoms with Crippen LogP contribution in [0.3, 0.4) is 0 Å². The molecule has 112 valence electrons. The number of ether oxygens (including phenoxy) is 3. The Labute approximate surface area is 119 Å². The van der Waals surface area contributed by atoms with Crippen LogP contribution in [0, 0.1) is 11.8 Å². The second kappa shape index (κ2) is 5.19. The molecule has 2 bridgehead atoms. The number of hydrogen-bond donors (Lipinski definition) is 1. The van der Waals surface area contributed by atoms with E-state index in [9.17, 15) is 0 Å². The summed E-state index contributed by atoms with van der Waals surface area (Å²) in [4.78, 5) is 4.40. The molecule has 5 heteroatoms. The third kappa shape index (κ3) is 2.79. The van der Waals surface area contributed by atoms with E-state index in [0.717, 1.165) is 25.8 Å². The number of epoxide rings is 1. The molecule has 3 heterocycles. The van der Waals surface area contributed by atoms with Crippen LogP contribution in [0.2, 0.25) is 0 Å². The Hall–Kier alpha value is -0.810. The van der Waals surface area contributed by atoms with Crippen molar-refractivity contribution in [3.63, 3.8) is 0 Å². The van der Waals surface area contributed by atoms with Gasteiger partial charge < -0.3 is 19.9 Å². The van der Waals surface area contributed by atoms with Crippen molar-refractivity contribution in [2.75, 3.05) is 13.2 Å². The van der Waals surface area contributed by atoms with Gasteiger partial charge in [-0.2, -0.15) is 0 Å². The van der Waals surface area contributed by atoms with E-state index < -0.39 is 0 Å². The Morgan fingerprint density at radius 1 is 1.00 bits per heavy atom. The lowest BCUT2D eigenvalue weighted by atomic mass is 9.81. The number of fused-ring (bicyclic) bond motifs is 3. The molecule has 5 rings (SSSR count). The van der Waals surface area contributed by atoms with Crippen molar-refractivity contribution in [3.8, 4) is 0 Å². The lowest BCUT2D eigenvalue weighted by Crippen LogP contribution is -2.46. The number of aliphatic imine (C=N–C) groups is 1. The van der Waals surface area contributed by atoms with Gasteiger partial charge in [0.2, 0.25) is 0 Å². The molecular formula is C15H24N2O3. The smallest absolute Gasteiger partial charge is 0.281 e. The summed E-state index contributed by atoms with van der Waals surface area (Å²) in [6, 6.07) is 0.365. The molecule has 0 aromatic heterocycles. The van der Waals surface area contributed by atoms with E-state index in [1.54, 1.807) is 0 Å². The molecule has 20 heavy (non-hydrogen) atoms. The maximum absolute atomic E-state index is 5.86. The minimum atomic E-state index is 0.365. The quantitative estimate of drug-likeness (QED) is 0.481. The van der Waals surface area contributed by atoms with Crippen LogP contribution >= 0.6 is 0 Å². The van der Waals surface area contributed by atoms with Crippen LogP contribution < -0.4 is 5.73 Å².